The van der Waals surface area contributed by atoms with Gasteiger partial charge in [0, 0.05) is 27.0 Å². The second-order valence-corrected chi connectivity index (χ2v) is 8.04. The molecule has 0 aromatic heterocycles. The average Bonchev–Trinajstić information content (AvgIpc) is 2.73. The standard InChI is InChI=1S/C24H15BBrN/c26-16-13-14-20-18-8-2-5-11-22(18)25-21-10-4-1-7-17(21)19-9-3-6-12-23(19)27(25)24(20)15-16/h1-15H. The Morgan fingerprint density at radius 2 is 1.11 bits per heavy atom. The van der Waals surface area contributed by atoms with Gasteiger partial charge in [-0.3, -0.25) is 0 Å². The van der Waals surface area contributed by atoms with E-state index in [0.717, 1.165) is 4.47 Å². The highest BCUT2D eigenvalue weighted by molar-refractivity contribution is 9.10. The van der Waals surface area contributed by atoms with Crippen molar-refractivity contribution in [2.45, 2.75) is 0 Å². The molecule has 6 rings (SSSR count). The summed E-state index contributed by atoms with van der Waals surface area (Å²) in [4.78, 5) is 2.51. The normalized spacial score (nSPS) is 13.2. The summed E-state index contributed by atoms with van der Waals surface area (Å²) in [6.07, 6.45) is 0. The molecule has 0 saturated carbocycles. The molecular weight excluding hydrogens is 393 g/mol. The summed E-state index contributed by atoms with van der Waals surface area (Å²) in [5.41, 5.74) is 10.5. The smallest absolute Gasteiger partial charge is 0.329 e. The highest BCUT2D eigenvalue weighted by atomic mass is 79.9. The first-order chi connectivity index (χ1) is 13.3. The van der Waals surface area contributed by atoms with Crippen molar-refractivity contribution in [3.05, 3.63) is 95.5 Å². The van der Waals surface area contributed by atoms with E-state index in [1.54, 1.807) is 0 Å². The Bertz CT molecular complexity index is 1220. The molecule has 0 N–H and O–H groups in total. The zero-order valence-electron chi connectivity index (χ0n) is 14.6. The van der Waals surface area contributed by atoms with Crippen molar-refractivity contribution < 1.29 is 0 Å². The number of hydrogen-bond acceptors (Lipinski definition) is 1. The summed E-state index contributed by atoms with van der Waals surface area (Å²) in [5.74, 6) is 0. The fourth-order valence-electron chi connectivity index (χ4n) is 4.66. The number of anilines is 2. The van der Waals surface area contributed by atoms with Gasteiger partial charge in [-0.1, -0.05) is 88.7 Å². The van der Waals surface area contributed by atoms with Crippen molar-refractivity contribution in [1.29, 1.82) is 0 Å². The van der Waals surface area contributed by atoms with Crippen LogP contribution in [0.2, 0.25) is 0 Å². The lowest BCUT2D eigenvalue weighted by Gasteiger charge is -2.43. The summed E-state index contributed by atoms with van der Waals surface area (Å²) >= 11 is 3.69. The lowest BCUT2D eigenvalue weighted by atomic mass is 9.43. The third kappa shape index (κ3) is 2.06. The SMILES string of the molecule is Brc1ccc2c(c1)N1B(c3ccccc3-c3ccccc31)c1ccccc1-2. The van der Waals surface area contributed by atoms with Gasteiger partial charge in [-0.25, -0.2) is 0 Å². The van der Waals surface area contributed by atoms with Crippen molar-refractivity contribution in [2.75, 3.05) is 4.81 Å². The number of rotatable bonds is 0. The molecule has 2 aliphatic rings. The summed E-state index contributed by atoms with van der Waals surface area (Å²) in [5, 5.41) is 0. The van der Waals surface area contributed by atoms with Crippen molar-refractivity contribution >= 4 is 45.1 Å². The zero-order chi connectivity index (χ0) is 18.0. The van der Waals surface area contributed by atoms with Crippen molar-refractivity contribution in [1.82, 2.24) is 0 Å². The second kappa shape index (κ2) is 5.61. The zero-order valence-corrected chi connectivity index (χ0v) is 16.1. The van der Waals surface area contributed by atoms with Crippen LogP contribution in [0.25, 0.3) is 22.3 Å². The van der Waals surface area contributed by atoms with Gasteiger partial charge in [0.25, 0.3) is 0 Å². The summed E-state index contributed by atoms with van der Waals surface area (Å²) in [6, 6.07) is 33.1. The van der Waals surface area contributed by atoms with E-state index in [0.29, 0.717) is 0 Å². The number of benzene rings is 4. The minimum absolute atomic E-state index is 0.189. The first-order valence-corrected chi connectivity index (χ1v) is 9.98. The fraction of sp³-hybridized carbons (Fsp3) is 0. The van der Waals surface area contributed by atoms with E-state index < -0.39 is 0 Å². The third-order valence-electron chi connectivity index (χ3n) is 5.73. The van der Waals surface area contributed by atoms with Crippen LogP contribution in [0.5, 0.6) is 0 Å². The third-order valence-corrected chi connectivity index (χ3v) is 6.23. The molecule has 0 fully saturated rings. The maximum absolute atomic E-state index is 3.69. The van der Waals surface area contributed by atoms with Crippen molar-refractivity contribution in [3.8, 4) is 22.3 Å². The molecule has 1 nitrogen and oxygen atoms in total. The number of para-hydroxylation sites is 1. The first kappa shape index (κ1) is 15.3. The van der Waals surface area contributed by atoms with Crippen LogP contribution in [0.15, 0.2) is 95.5 Å². The topological polar surface area (TPSA) is 3.24 Å². The molecule has 27 heavy (non-hydrogen) atoms. The van der Waals surface area contributed by atoms with Crippen LogP contribution in [-0.2, 0) is 0 Å². The Morgan fingerprint density at radius 1 is 0.556 bits per heavy atom. The van der Waals surface area contributed by atoms with E-state index in [4.69, 9.17) is 0 Å². The molecule has 0 radical (unpaired) electrons. The molecule has 0 amide bonds. The number of halogens is 1. The van der Waals surface area contributed by atoms with Gasteiger partial charge < -0.3 is 4.81 Å². The van der Waals surface area contributed by atoms with Gasteiger partial charge in [0.05, 0.1) is 0 Å². The monoisotopic (exact) mass is 407 g/mol. The van der Waals surface area contributed by atoms with Gasteiger partial charge in [-0.2, -0.15) is 0 Å². The highest BCUT2D eigenvalue weighted by Gasteiger charge is 2.41. The Balaban J connectivity index is 1.77. The first-order valence-electron chi connectivity index (χ1n) is 9.19. The van der Waals surface area contributed by atoms with Gasteiger partial charge in [-0.05, 0) is 40.3 Å². The van der Waals surface area contributed by atoms with Crippen LogP contribution in [0, 0.1) is 0 Å². The molecule has 0 aliphatic carbocycles. The number of nitrogens with zero attached hydrogens (tertiary/aromatic N) is 1. The van der Waals surface area contributed by atoms with Crippen molar-refractivity contribution in [3.63, 3.8) is 0 Å². The molecule has 0 unspecified atom stereocenters. The molecule has 4 aromatic carbocycles. The van der Waals surface area contributed by atoms with E-state index in [1.165, 1.54) is 44.6 Å². The summed E-state index contributed by atoms with van der Waals surface area (Å²) in [7, 11) is 0. The predicted molar refractivity (Wildman–Crippen MR) is 119 cm³/mol. The van der Waals surface area contributed by atoms with Gasteiger partial charge >= 0.3 is 6.85 Å². The lowest BCUT2D eigenvalue weighted by molar-refractivity contribution is 1.34. The second-order valence-electron chi connectivity index (χ2n) is 7.13. The van der Waals surface area contributed by atoms with Crippen LogP contribution in [-0.4, -0.2) is 6.85 Å². The Morgan fingerprint density at radius 3 is 1.81 bits per heavy atom. The molecule has 126 valence electrons. The minimum atomic E-state index is 0.189. The Kier molecular flexibility index (Phi) is 3.18. The lowest BCUT2D eigenvalue weighted by Crippen LogP contribution is -2.59. The molecule has 0 bridgehead atoms. The summed E-state index contributed by atoms with van der Waals surface area (Å²) in [6.45, 7) is 0.189. The van der Waals surface area contributed by atoms with Crippen LogP contribution >= 0.6 is 15.9 Å². The Labute approximate surface area is 167 Å². The van der Waals surface area contributed by atoms with E-state index >= 15 is 0 Å². The summed E-state index contributed by atoms with van der Waals surface area (Å²) < 4.78 is 1.11. The molecule has 3 heteroatoms. The van der Waals surface area contributed by atoms with Gasteiger partial charge in [0.15, 0.2) is 0 Å². The molecule has 4 aromatic rings. The van der Waals surface area contributed by atoms with E-state index in [-0.39, 0.29) is 6.85 Å². The quantitative estimate of drug-likeness (QED) is 0.355. The van der Waals surface area contributed by atoms with Crippen molar-refractivity contribution in [2.24, 2.45) is 0 Å². The van der Waals surface area contributed by atoms with Crippen LogP contribution in [0.4, 0.5) is 11.4 Å². The molecule has 0 saturated heterocycles. The minimum Gasteiger partial charge on any atom is -0.376 e. The van der Waals surface area contributed by atoms with E-state index in [2.05, 4.69) is 112 Å². The van der Waals surface area contributed by atoms with Crippen LogP contribution < -0.4 is 15.7 Å². The molecule has 0 atom stereocenters. The predicted octanol–water partition coefficient (Wildman–Crippen LogP) is 5.35. The largest absolute Gasteiger partial charge is 0.376 e. The molecule has 2 aliphatic heterocycles. The van der Waals surface area contributed by atoms with E-state index in [9.17, 15) is 0 Å². The molecular formula is C24H15BBrN. The molecule has 2 heterocycles. The number of fused-ring (bicyclic) bond motifs is 11. The molecule has 0 spiro atoms. The van der Waals surface area contributed by atoms with Gasteiger partial charge in [0.1, 0.15) is 0 Å². The van der Waals surface area contributed by atoms with Gasteiger partial charge in [-0.15, -0.1) is 0 Å². The number of hydrogen-bond donors (Lipinski definition) is 0. The maximum atomic E-state index is 3.69. The fourth-order valence-corrected chi connectivity index (χ4v) is 5.01. The van der Waals surface area contributed by atoms with Crippen LogP contribution in [0.3, 0.4) is 0 Å². The van der Waals surface area contributed by atoms with Gasteiger partial charge in [0.2, 0.25) is 0 Å². The maximum Gasteiger partial charge on any atom is 0.329 e. The highest BCUT2D eigenvalue weighted by Crippen LogP contribution is 2.46. The van der Waals surface area contributed by atoms with Crippen LogP contribution in [0.1, 0.15) is 0 Å². The average molecular weight is 408 g/mol. The Hall–Kier alpha value is -2.78. The van der Waals surface area contributed by atoms with E-state index in [1.807, 2.05) is 0 Å².